The van der Waals surface area contributed by atoms with E-state index in [0.29, 0.717) is 30.2 Å². The average molecular weight is 532 g/mol. The van der Waals surface area contributed by atoms with Gasteiger partial charge in [0.1, 0.15) is 5.69 Å². The Balaban J connectivity index is 1.39. The van der Waals surface area contributed by atoms with Gasteiger partial charge in [-0.3, -0.25) is 14.4 Å². The van der Waals surface area contributed by atoms with Crippen molar-refractivity contribution in [1.82, 2.24) is 34.5 Å². The van der Waals surface area contributed by atoms with Gasteiger partial charge in [-0.05, 0) is 46.4 Å². The van der Waals surface area contributed by atoms with Gasteiger partial charge in [0.25, 0.3) is 5.88 Å². The molecule has 0 unspecified atom stereocenters. The van der Waals surface area contributed by atoms with E-state index < -0.39 is 0 Å². The normalized spacial score (nSPS) is 17.3. The molecule has 0 bridgehead atoms. The van der Waals surface area contributed by atoms with Crippen molar-refractivity contribution < 1.29 is 9.53 Å². The van der Waals surface area contributed by atoms with Crippen molar-refractivity contribution in [2.24, 2.45) is 7.05 Å². The molecular weight excluding hydrogens is 494 g/mol. The quantitative estimate of drug-likeness (QED) is 0.315. The third kappa shape index (κ3) is 5.45. The number of hydrogen-bond acceptors (Lipinski definition) is 8. The largest absolute Gasteiger partial charge is 0.475 e. The number of nitrogens with one attached hydrogen (secondary N) is 3. The number of hydrogen-bond donors (Lipinski definition) is 3. The van der Waals surface area contributed by atoms with Gasteiger partial charge in [-0.2, -0.15) is 0 Å². The maximum atomic E-state index is 13.2. The van der Waals surface area contributed by atoms with E-state index in [1.807, 2.05) is 58.4 Å². The smallest absolute Gasteiger partial charge is 0.256 e. The number of nitrogens with zero attached hydrogens (tertiary/aromatic N) is 6. The van der Waals surface area contributed by atoms with E-state index in [-0.39, 0.29) is 11.9 Å². The summed E-state index contributed by atoms with van der Waals surface area (Å²) in [5.74, 6) is 0.929. The van der Waals surface area contributed by atoms with E-state index in [1.165, 1.54) is 0 Å². The molecule has 11 nitrogen and oxygen atoms in total. The van der Waals surface area contributed by atoms with E-state index in [1.54, 1.807) is 10.9 Å². The Morgan fingerprint density at radius 2 is 2.08 bits per heavy atom. The fourth-order valence-electron chi connectivity index (χ4n) is 4.98. The third-order valence-corrected chi connectivity index (χ3v) is 7.44. The van der Waals surface area contributed by atoms with Crippen molar-refractivity contribution in [2.75, 3.05) is 43.9 Å². The number of para-hydroxylation sites is 1. The number of rotatable bonds is 8. The summed E-state index contributed by atoms with van der Waals surface area (Å²) in [5, 5.41) is 11.7. The van der Waals surface area contributed by atoms with Gasteiger partial charge in [0, 0.05) is 56.1 Å². The van der Waals surface area contributed by atoms with Crippen LogP contribution in [-0.4, -0.2) is 85.8 Å². The Morgan fingerprint density at radius 3 is 2.85 bits per heavy atom. The number of H-pyrrole nitrogens is 1. The van der Waals surface area contributed by atoms with E-state index in [2.05, 4.69) is 49.5 Å². The Morgan fingerprint density at radius 1 is 1.26 bits per heavy atom. The lowest BCUT2D eigenvalue weighted by molar-refractivity contribution is -0.121. The van der Waals surface area contributed by atoms with Crippen molar-refractivity contribution in [1.29, 1.82) is 0 Å². The highest BCUT2D eigenvalue weighted by molar-refractivity contribution is 6.06. The molecule has 1 aromatic carbocycles. The zero-order valence-corrected chi connectivity index (χ0v) is 23.4. The van der Waals surface area contributed by atoms with Crippen LogP contribution in [0.2, 0.25) is 0 Å². The first-order chi connectivity index (χ1) is 18.7. The number of anilines is 3. The van der Waals surface area contributed by atoms with Crippen LogP contribution in [0.25, 0.3) is 22.2 Å². The molecule has 1 aliphatic heterocycles. The molecule has 206 valence electrons. The molecule has 3 N–H and O–H groups in total. The van der Waals surface area contributed by atoms with Crippen LogP contribution >= 0.6 is 0 Å². The number of aryl methyl sites for hydroxylation is 2. The van der Waals surface area contributed by atoms with Crippen molar-refractivity contribution >= 4 is 34.1 Å². The first kappa shape index (κ1) is 26.6. The highest BCUT2D eigenvalue weighted by atomic mass is 16.5. The SMILES string of the molecule is CCOc1nn(C)cc1Nc1ncc(C)c(-c2c[nH]c3c(NC(=O)[C@@H](C)N4CCN(C)[C@H](C)C4)cccc23)n1. The van der Waals surface area contributed by atoms with E-state index >= 15 is 0 Å². The minimum atomic E-state index is -0.224. The topological polar surface area (TPSA) is 116 Å². The number of benzene rings is 1. The number of piperazine rings is 1. The average Bonchev–Trinajstić information content (AvgIpc) is 3.50. The summed E-state index contributed by atoms with van der Waals surface area (Å²) in [6.45, 7) is 11.3. The summed E-state index contributed by atoms with van der Waals surface area (Å²) in [7, 11) is 3.97. The highest BCUT2D eigenvalue weighted by Gasteiger charge is 2.28. The molecule has 0 saturated carbocycles. The molecule has 1 fully saturated rings. The predicted molar refractivity (Wildman–Crippen MR) is 153 cm³/mol. The lowest BCUT2D eigenvalue weighted by Crippen LogP contribution is -2.55. The molecule has 1 aliphatic rings. The maximum absolute atomic E-state index is 13.2. The minimum absolute atomic E-state index is 0.0123. The molecule has 0 spiro atoms. The molecule has 5 rings (SSSR count). The lowest BCUT2D eigenvalue weighted by Gasteiger charge is -2.40. The maximum Gasteiger partial charge on any atom is 0.256 e. The van der Waals surface area contributed by atoms with Gasteiger partial charge in [-0.25, -0.2) is 9.97 Å². The van der Waals surface area contributed by atoms with E-state index in [0.717, 1.165) is 53.0 Å². The van der Waals surface area contributed by atoms with Gasteiger partial charge in [0.15, 0.2) is 0 Å². The molecule has 11 heteroatoms. The summed E-state index contributed by atoms with van der Waals surface area (Å²) in [5.41, 5.74) is 4.97. The van der Waals surface area contributed by atoms with Gasteiger partial charge in [0.05, 0.1) is 35.7 Å². The number of carbonyl (C=O) groups is 1. The fraction of sp³-hybridized carbons (Fsp3) is 0.429. The second-order valence-corrected chi connectivity index (χ2v) is 10.2. The molecule has 4 aromatic rings. The molecule has 4 heterocycles. The molecule has 39 heavy (non-hydrogen) atoms. The van der Waals surface area contributed by atoms with Gasteiger partial charge in [-0.15, -0.1) is 5.10 Å². The second-order valence-electron chi connectivity index (χ2n) is 10.2. The number of fused-ring (bicyclic) bond motifs is 1. The Kier molecular flexibility index (Phi) is 7.53. The molecule has 1 amide bonds. The number of likely N-dealkylation sites (N-methyl/N-ethyl adjacent to an activating group) is 1. The number of aromatic nitrogens is 5. The van der Waals surface area contributed by atoms with Crippen LogP contribution in [0.1, 0.15) is 26.3 Å². The summed E-state index contributed by atoms with van der Waals surface area (Å²) in [6, 6.07) is 6.11. The molecule has 0 radical (unpaired) electrons. The van der Waals surface area contributed by atoms with Crippen molar-refractivity contribution in [3.63, 3.8) is 0 Å². The monoisotopic (exact) mass is 531 g/mol. The minimum Gasteiger partial charge on any atom is -0.475 e. The molecule has 2 atom stereocenters. The van der Waals surface area contributed by atoms with Crippen molar-refractivity contribution in [3.05, 3.63) is 42.4 Å². The van der Waals surface area contributed by atoms with Gasteiger partial charge >= 0.3 is 0 Å². The van der Waals surface area contributed by atoms with Crippen molar-refractivity contribution in [2.45, 2.75) is 39.8 Å². The second kappa shape index (κ2) is 11.0. The van der Waals surface area contributed by atoms with E-state index in [4.69, 9.17) is 9.72 Å². The summed E-state index contributed by atoms with van der Waals surface area (Å²) in [4.78, 5) is 30.5. The van der Waals surface area contributed by atoms with Crippen molar-refractivity contribution in [3.8, 4) is 17.1 Å². The van der Waals surface area contributed by atoms with Gasteiger partial charge in [0.2, 0.25) is 11.9 Å². The van der Waals surface area contributed by atoms with Gasteiger partial charge in [-0.1, -0.05) is 12.1 Å². The summed E-state index contributed by atoms with van der Waals surface area (Å²) >= 11 is 0. The molecular formula is C28H37N9O2. The Labute approximate surface area is 228 Å². The molecule has 0 aliphatic carbocycles. The Bertz CT molecular complexity index is 1480. The van der Waals surface area contributed by atoms with Crippen LogP contribution in [0.4, 0.5) is 17.3 Å². The lowest BCUT2D eigenvalue weighted by atomic mass is 10.1. The zero-order valence-electron chi connectivity index (χ0n) is 23.4. The zero-order chi connectivity index (χ0) is 27.7. The van der Waals surface area contributed by atoms with Crippen LogP contribution in [0.3, 0.4) is 0 Å². The predicted octanol–water partition coefficient (Wildman–Crippen LogP) is 3.77. The molecule has 1 saturated heterocycles. The van der Waals surface area contributed by atoms with Crippen LogP contribution in [-0.2, 0) is 11.8 Å². The number of amides is 1. The van der Waals surface area contributed by atoms with Crippen LogP contribution in [0.5, 0.6) is 5.88 Å². The van der Waals surface area contributed by atoms with E-state index in [9.17, 15) is 4.79 Å². The number of ether oxygens (including phenoxy) is 1. The fourth-order valence-corrected chi connectivity index (χ4v) is 4.98. The molecule has 3 aromatic heterocycles. The number of carbonyl (C=O) groups excluding carboxylic acids is 1. The number of aromatic amines is 1. The first-order valence-electron chi connectivity index (χ1n) is 13.4. The highest BCUT2D eigenvalue weighted by Crippen LogP contribution is 2.34. The standard InChI is InChI=1S/C28H37N9O2/c1-7-39-27-23(16-36(6)34-27)32-28-30-13-17(2)24(33-28)21-14-29-25-20(21)9-8-10-22(25)31-26(38)19(4)37-12-11-35(5)18(3)15-37/h8-10,13-14,16,18-19,29H,7,11-12,15H2,1-6H3,(H,31,38)(H,30,32,33)/t18-,19-/m1/s1. The van der Waals surface area contributed by atoms with Crippen LogP contribution < -0.4 is 15.4 Å². The Hall–Kier alpha value is -3.96. The summed E-state index contributed by atoms with van der Waals surface area (Å²) in [6.07, 6.45) is 5.56. The van der Waals surface area contributed by atoms with Crippen LogP contribution in [0.15, 0.2) is 36.8 Å². The first-order valence-corrected chi connectivity index (χ1v) is 13.4. The van der Waals surface area contributed by atoms with Crippen LogP contribution in [0, 0.1) is 6.92 Å². The third-order valence-electron chi connectivity index (χ3n) is 7.44. The summed E-state index contributed by atoms with van der Waals surface area (Å²) < 4.78 is 7.31. The van der Waals surface area contributed by atoms with Gasteiger partial charge < -0.3 is 25.3 Å².